The van der Waals surface area contributed by atoms with E-state index in [1.165, 1.54) is 69.7 Å². The Balaban J connectivity index is 1.72. The lowest BCUT2D eigenvalue weighted by molar-refractivity contribution is -0.142. The fourth-order valence-corrected chi connectivity index (χ4v) is 9.74. The van der Waals surface area contributed by atoms with Crippen LogP contribution in [0.15, 0.2) is 54.7 Å². The smallest absolute Gasteiger partial charge is 0.325 e. The van der Waals surface area contributed by atoms with Gasteiger partial charge in [0.15, 0.2) is 0 Å². The van der Waals surface area contributed by atoms with E-state index in [1.54, 1.807) is 20.0 Å². The first-order valence-corrected chi connectivity index (χ1v) is 30.8. The van der Waals surface area contributed by atoms with Crippen molar-refractivity contribution in [1.29, 1.82) is 0 Å². The number of carbonyl (C=O) groups excluding carboxylic acids is 10. The average Bonchev–Trinajstić information content (AvgIpc) is 2.76. The Hall–Kier alpha value is -8.21. The highest BCUT2D eigenvalue weighted by Crippen LogP contribution is 2.20. The van der Waals surface area contributed by atoms with E-state index in [0.29, 0.717) is 18.4 Å². The highest BCUT2D eigenvalue weighted by atomic mass is 16.4. The number of hydrogen-bond donors (Lipinski definition) is 17. The lowest BCUT2D eigenvalue weighted by atomic mass is 9.96. The molecule has 89 heavy (non-hydrogen) atoms. The van der Waals surface area contributed by atoms with Crippen LogP contribution in [-0.2, 0) is 65.6 Å². The number of aliphatic carboxylic acids is 1. The Kier molecular flexibility index (Phi) is 34.0. The van der Waals surface area contributed by atoms with Crippen LogP contribution in [0.25, 0.3) is 10.9 Å². The number of hydrogen-bond acceptors (Lipinski definition) is 16. The number of phenolic OH excluding ortho intramolecular Hbond substituents is 1. The van der Waals surface area contributed by atoms with Crippen molar-refractivity contribution in [3.8, 4) is 5.75 Å². The fraction of sp³-hybridized carbons (Fsp3) is 0.590. The number of carboxylic acid groups (broad SMARTS) is 1. The number of unbranched alkanes of at least 4 members (excludes halogenated alkanes) is 10. The summed E-state index contributed by atoms with van der Waals surface area (Å²) in [6, 6.07) is -0.0404. The molecule has 0 radical (unpaired) electrons. The summed E-state index contributed by atoms with van der Waals surface area (Å²) in [6.07, 6.45) is 13.4. The van der Waals surface area contributed by atoms with Gasteiger partial charge >= 0.3 is 5.97 Å². The van der Waals surface area contributed by atoms with Gasteiger partial charge in [0, 0.05) is 48.4 Å². The Labute approximate surface area is 520 Å². The highest BCUT2D eigenvalue weighted by Gasteiger charge is 2.38. The molecule has 0 bridgehead atoms. The summed E-state index contributed by atoms with van der Waals surface area (Å²) in [4.78, 5) is 151. The molecule has 2 unspecified atom stereocenters. The summed E-state index contributed by atoms with van der Waals surface area (Å²) in [7, 11) is 0. The van der Waals surface area contributed by atoms with Crippen molar-refractivity contribution >= 4 is 75.9 Å². The number of aromatic hydroxyl groups is 1. The molecule has 0 saturated carbocycles. The van der Waals surface area contributed by atoms with Crippen molar-refractivity contribution in [2.45, 2.75) is 198 Å². The van der Waals surface area contributed by atoms with Gasteiger partial charge in [0.25, 0.3) is 0 Å². The van der Waals surface area contributed by atoms with Crippen molar-refractivity contribution < 1.29 is 63.0 Å². The van der Waals surface area contributed by atoms with Gasteiger partial charge in [-0.3, -0.25) is 52.7 Å². The van der Waals surface area contributed by atoms with Gasteiger partial charge in [0.2, 0.25) is 59.1 Å². The molecule has 0 spiro atoms. The molecule has 0 fully saturated rings. The van der Waals surface area contributed by atoms with Gasteiger partial charge in [-0.1, -0.05) is 122 Å². The molecule has 3 rings (SSSR count). The van der Waals surface area contributed by atoms with E-state index in [2.05, 4.69) is 59.8 Å². The third kappa shape index (κ3) is 27.4. The van der Waals surface area contributed by atoms with E-state index in [1.807, 2.05) is 24.3 Å². The standard InChI is InChI=1S/C61H97N15O13/c1-5-7-8-9-10-11-12-13-14-15-16-21-49(79)71-46(31-39-33-67-44-20-18-17-19-41(39)44)55(82)69-34-50(80)68-35-51(81)74-52(36(3)6-2)58(85)75-54(43(65)27-29-63)60(87)76-53(42(64)26-28-62)59(86)73-47(32-48(66)78)57(84)72-45(56(83)70-37(4)61(88)89)30-38-22-24-40(77)25-23-38/h17-20,22-25,33,36-37,42-43,45-47,52-54,67,77H,5-16,21,26-32,34-35,62-65H2,1-4H3,(H2,66,78)(H,68,80)(H,69,82)(H,70,83)(H,71,79)(H,72,84)(H,73,86)(H,74,81)(H,75,85)(H,76,87)(H,88,89)/t36-,37-,42?,43?,45-,46-,47-,52-,53-,54-/m0/s1. The summed E-state index contributed by atoms with van der Waals surface area (Å²) in [5.74, 6) is -10.9. The van der Waals surface area contributed by atoms with Crippen LogP contribution in [0.3, 0.4) is 0 Å². The van der Waals surface area contributed by atoms with Crippen LogP contribution in [0.5, 0.6) is 5.75 Å². The summed E-state index contributed by atoms with van der Waals surface area (Å²) < 4.78 is 0. The first-order valence-electron chi connectivity index (χ1n) is 30.8. The number of carbonyl (C=O) groups is 11. The first kappa shape index (κ1) is 75.0. The minimum Gasteiger partial charge on any atom is -0.508 e. The number of aromatic nitrogens is 1. The van der Waals surface area contributed by atoms with Gasteiger partial charge < -0.3 is 91.7 Å². The number of H-pyrrole nitrogens is 1. The molecule has 1 heterocycles. The van der Waals surface area contributed by atoms with Crippen LogP contribution in [0.4, 0.5) is 0 Å². The van der Waals surface area contributed by atoms with Gasteiger partial charge in [-0.15, -0.1) is 0 Å². The monoisotopic (exact) mass is 1250 g/mol. The minimum atomic E-state index is -1.82. The van der Waals surface area contributed by atoms with Crippen molar-refractivity contribution in [3.05, 3.63) is 65.9 Å². The third-order valence-corrected chi connectivity index (χ3v) is 15.2. The Morgan fingerprint density at radius 3 is 1.62 bits per heavy atom. The van der Waals surface area contributed by atoms with E-state index in [0.717, 1.165) is 42.1 Å². The second-order valence-corrected chi connectivity index (χ2v) is 22.6. The Morgan fingerprint density at radius 2 is 1.06 bits per heavy atom. The molecule has 494 valence electrons. The maximum absolute atomic E-state index is 14.3. The molecule has 0 aliphatic heterocycles. The topological polar surface area (TPSA) is 482 Å². The highest BCUT2D eigenvalue weighted by molar-refractivity contribution is 5.99. The van der Waals surface area contributed by atoms with Crippen LogP contribution in [0.1, 0.15) is 142 Å². The summed E-state index contributed by atoms with van der Waals surface area (Å²) in [6.45, 7) is 5.34. The van der Waals surface area contributed by atoms with Crippen LogP contribution >= 0.6 is 0 Å². The number of rotatable bonds is 44. The minimum absolute atomic E-state index is 0.0619. The van der Waals surface area contributed by atoms with Crippen molar-refractivity contribution in [2.75, 3.05) is 26.2 Å². The van der Waals surface area contributed by atoms with E-state index < -0.39 is 139 Å². The molecular weight excluding hydrogens is 1150 g/mol. The lowest BCUT2D eigenvalue weighted by Crippen LogP contribution is -2.66. The molecule has 28 nitrogen and oxygen atoms in total. The van der Waals surface area contributed by atoms with Crippen LogP contribution in [0.2, 0.25) is 0 Å². The van der Waals surface area contributed by atoms with Crippen molar-refractivity contribution in [3.63, 3.8) is 0 Å². The Bertz CT molecular complexity index is 2780. The van der Waals surface area contributed by atoms with Crippen LogP contribution in [-0.4, -0.2) is 161 Å². The molecule has 3 aromatic rings. The zero-order valence-corrected chi connectivity index (χ0v) is 51.8. The van der Waals surface area contributed by atoms with Crippen molar-refractivity contribution in [1.82, 2.24) is 52.8 Å². The molecule has 28 heteroatoms. The number of aromatic amines is 1. The van der Waals surface area contributed by atoms with E-state index >= 15 is 0 Å². The molecule has 0 aliphatic carbocycles. The number of nitrogens with two attached hydrogens (primary N) is 5. The number of phenols is 1. The molecule has 22 N–H and O–H groups in total. The SMILES string of the molecule is CCCCCCCCCCCCCC(=O)N[C@@H](Cc1c[nH]c2ccccc12)C(=O)NCC(=O)NCC(=O)N[C@H](C(=O)N[C@H](C(=O)N[C@H](C(=O)N[C@@H](CC(N)=O)C(=O)N[C@@H](Cc1ccc(O)cc1)C(=O)N[C@@H](C)C(=O)O)C(N)CCN)C(N)CCN)[C@@H](C)CC. The second kappa shape index (κ2) is 40.4. The van der Waals surface area contributed by atoms with E-state index in [4.69, 9.17) is 28.7 Å². The first-order chi connectivity index (χ1) is 42.4. The lowest BCUT2D eigenvalue weighted by Gasteiger charge is -2.32. The number of primary amides is 1. The number of benzene rings is 2. The zero-order chi connectivity index (χ0) is 66.0. The summed E-state index contributed by atoms with van der Waals surface area (Å²) in [5, 5.41) is 42.5. The quantitative estimate of drug-likeness (QED) is 0.0313. The van der Waals surface area contributed by atoms with Gasteiger partial charge in [-0.25, -0.2) is 0 Å². The van der Waals surface area contributed by atoms with Gasteiger partial charge in [-0.2, -0.15) is 0 Å². The number of para-hydroxylation sites is 1. The molecule has 10 atom stereocenters. The predicted molar refractivity (Wildman–Crippen MR) is 334 cm³/mol. The predicted octanol–water partition coefficient (Wildman–Crippen LogP) is -0.636. The normalized spacial score (nSPS) is 14.6. The van der Waals surface area contributed by atoms with Crippen LogP contribution < -0.4 is 76.5 Å². The molecule has 0 aliphatic rings. The second-order valence-electron chi connectivity index (χ2n) is 22.6. The van der Waals surface area contributed by atoms with E-state index in [9.17, 15) is 63.0 Å². The summed E-state index contributed by atoms with van der Waals surface area (Å²) >= 11 is 0. The van der Waals surface area contributed by atoms with Gasteiger partial charge in [-0.05, 0) is 74.5 Å². The molecular formula is C61H97N15O13. The van der Waals surface area contributed by atoms with Gasteiger partial charge in [0.1, 0.15) is 48.0 Å². The zero-order valence-electron chi connectivity index (χ0n) is 51.8. The number of fused-ring (bicyclic) bond motifs is 1. The number of carboxylic acids is 1. The fourth-order valence-electron chi connectivity index (χ4n) is 9.74. The molecule has 1 aromatic heterocycles. The number of nitrogens with one attached hydrogen (secondary N) is 10. The molecule has 10 amide bonds. The third-order valence-electron chi connectivity index (χ3n) is 15.2. The summed E-state index contributed by atoms with van der Waals surface area (Å²) in [5.41, 5.74) is 32.0. The van der Waals surface area contributed by atoms with Gasteiger partial charge in [0.05, 0.1) is 19.5 Å². The largest absolute Gasteiger partial charge is 0.508 e. The van der Waals surface area contributed by atoms with E-state index in [-0.39, 0.29) is 56.9 Å². The maximum Gasteiger partial charge on any atom is 0.325 e. The van der Waals surface area contributed by atoms with Crippen molar-refractivity contribution in [2.24, 2.45) is 34.6 Å². The molecule has 0 saturated heterocycles. The Morgan fingerprint density at radius 1 is 0.539 bits per heavy atom. The maximum atomic E-state index is 14.3. The average molecular weight is 1250 g/mol. The molecule has 2 aromatic carbocycles. The number of amides is 10. The van der Waals surface area contributed by atoms with Crippen LogP contribution in [0, 0.1) is 5.92 Å².